The minimum Gasteiger partial charge on any atom is -0.352 e. The second-order valence-electron chi connectivity index (χ2n) is 6.34. The van der Waals surface area contributed by atoms with Gasteiger partial charge in [-0.1, -0.05) is 30.0 Å². The Hall–Kier alpha value is -3.26. The van der Waals surface area contributed by atoms with Crippen LogP contribution in [0.3, 0.4) is 0 Å². The summed E-state index contributed by atoms with van der Waals surface area (Å²) in [5.41, 5.74) is 0.324. The maximum absolute atomic E-state index is 15.1. The number of carbonyl (C=O) groups is 2. The highest BCUT2D eigenvalue weighted by atomic mass is 32.2. The summed E-state index contributed by atoms with van der Waals surface area (Å²) in [7, 11) is 0. The molecule has 0 atom stereocenters. The van der Waals surface area contributed by atoms with Crippen LogP contribution in [0.15, 0.2) is 64.6 Å². The molecule has 1 aliphatic rings. The molecule has 0 unspecified atom stereocenters. The number of carbonyl (C=O) groups excluding carboxylic acids is 2. The van der Waals surface area contributed by atoms with Gasteiger partial charge in [0.1, 0.15) is 11.4 Å². The van der Waals surface area contributed by atoms with Crippen molar-refractivity contribution in [2.45, 2.75) is 16.2 Å². The molecule has 3 aromatic rings. The van der Waals surface area contributed by atoms with Crippen LogP contribution in [0.25, 0.3) is 0 Å². The van der Waals surface area contributed by atoms with Crippen LogP contribution in [0, 0.1) is 11.6 Å². The molecule has 0 bridgehead atoms. The number of nitrogens with one attached hydrogen (secondary N) is 2. The standard InChI is InChI=1S/C21H15F2N3O2S/c22-14-10-16-19(26-20(27)13-5-1-2-6-15(13)29-16)18(23)17(14)21(28)25-9-7-12-4-3-8-24-11-12/h1-6,8,10-11H,7,9H2,(H,25,28)(H,26,27). The van der Waals surface area contributed by atoms with E-state index >= 15 is 4.39 Å². The predicted octanol–water partition coefficient (Wildman–Crippen LogP) is 4.05. The second kappa shape index (κ2) is 8.00. The highest BCUT2D eigenvalue weighted by molar-refractivity contribution is 7.99. The lowest BCUT2D eigenvalue weighted by molar-refractivity contribution is 0.0943. The van der Waals surface area contributed by atoms with Gasteiger partial charge in [0.25, 0.3) is 11.8 Å². The molecule has 1 aromatic heterocycles. The zero-order valence-corrected chi connectivity index (χ0v) is 15.9. The molecule has 0 aliphatic carbocycles. The number of hydrogen-bond acceptors (Lipinski definition) is 4. The average molecular weight is 411 g/mol. The first kappa shape index (κ1) is 19.1. The fraction of sp³-hybridized carbons (Fsp3) is 0.0952. The maximum atomic E-state index is 15.1. The normalized spacial score (nSPS) is 12.4. The number of benzene rings is 2. The van der Waals surface area contributed by atoms with Gasteiger partial charge in [0.2, 0.25) is 0 Å². The lowest BCUT2D eigenvalue weighted by Crippen LogP contribution is -2.28. The molecule has 0 fully saturated rings. The number of nitrogens with zero attached hydrogens (tertiary/aromatic N) is 1. The van der Waals surface area contributed by atoms with Gasteiger partial charge in [0.05, 0.1) is 11.3 Å². The van der Waals surface area contributed by atoms with E-state index in [0.717, 1.165) is 23.4 Å². The van der Waals surface area contributed by atoms with Gasteiger partial charge in [-0.15, -0.1) is 0 Å². The highest BCUT2D eigenvalue weighted by Crippen LogP contribution is 2.41. The van der Waals surface area contributed by atoms with Crippen LogP contribution in [0.4, 0.5) is 14.5 Å². The van der Waals surface area contributed by atoms with Crippen LogP contribution >= 0.6 is 11.8 Å². The Morgan fingerprint density at radius 3 is 2.76 bits per heavy atom. The Bertz CT molecular complexity index is 1110. The van der Waals surface area contributed by atoms with Crippen molar-refractivity contribution in [1.29, 1.82) is 0 Å². The van der Waals surface area contributed by atoms with Crippen LogP contribution in [0.5, 0.6) is 0 Å². The van der Waals surface area contributed by atoms with Crippen LogP contribution in [-0.2, 0) is 6.42 Å². The first-order chi connectivity index (χ1) is 14.0. The van der Waals surface area contributed by atoms with E-state index in [1.54, 1.807) is 42.7 Å². The van der Waals surface area contributed by atoms with Crippen molar-refractivity contribution in [3.63, 3.8) is 0 Å². The van der Waals surface area contributed by atoms with Crippen LogP contribution in [0.2, 0.25) is 0 Å². The van der Waals surface area contributed by atoms with Crippen molar-refractivity contribution in [2.24, 2.45) is 0 Å². The minimum absolute atomic E-state index is 0.188. The monoisotopic (exact) mass is 411 g/mol. The van der Waals surface area contributed by atoms with E-state index in [9.17, 15) is 14.0 Å². The molecule has 1 aliphatic heterocycles. The van der Waals surface area contributed by atoms with Gasteiger partial charge in [-0.3, -0.25) is 14.6 Å². The summed E-state index contributed by atoms with van der Waals surface area (Å²) in [4.78, 5) is 29.6. The zero-order chi connectivity index (χ0) is 20.4. The first-order valence-corrected chi connectivity index (χ1v) is 9.63. The molecule has 146 valence electrons. The summed E-state index contributed by atoms with van der Waals surface area (Å²) in [5.74, 6) is -3.47. The van der Waals surface area contributed by atoms with Crippen LogP contribution in [-0.4, -0.2) is 23.3 Å². The number of aromatic nitrogens is 1. The number of fused-ring (bicyclic) bond motifs is 2. The fourth-order valence-electron chi connectivity index (χ4n) is 3.00. The first-order valence-electron chi connectivity index (χ1n) is 8.82. The van der Waals surface area contributed by atoms with Crippen molar-refractivity contribution in [1.82, 2.24) is 10.3 Å². The van der Waals surface area contributed by atoms with E-state index in [-0.39, 0.29) is 17.1 Å². The average Bonchev–Trinajstić information content (AvgIpc) is 2.85. The van der Waals surface area contributed by atoms with Gasteiger partial charge in [0, 0.05) is 28.7 Å². The summed E-state index contributed by atoms with van der Waals surface area (Å²) >= 11 is 1.07. The van der Waals surface area contributed by atoms with E-state index in [1.165, 1.54) is 0 Å². The van der Waals surface area contributed by atoms with Crippen molar-refractivity contribution in [3.05, 3.63) is 83.2 Å². The molecule has 0 spiro atoms. The molecule has 4 rings (SSSR count). The van der Waals surface area contributed by atoms with E-state index in [0.29, 0.717) is 16.9 Å². The van der Waals surface area contributed by atoms with Gasteiger partial charge in [-0.25, -0.2) is 8.78 Å². The number of hydrogen-bond donors (Lipinski definition) is 2. The molecule has 29 heavy (non-hydrogen) atoms. The molecule has 5 nitrogen and oxygen atoms in total. The summed E-state index contributed by atoms with van der Waals surface area (Å²) < 4.78 is 29.7. The molecule has 8 heteroatoms. The molecule has 2 heterocycles. The molecule has 0 saturated heterocycles. The summed E-state index contributed by atoms with van der Waals surface area (Å²) in [6.07, 6.45) is 3.75. The largest absolute Gasteiger partial charge is 0.352 e. The third kappa shape index (κ3) is 3.84. The number of anilines is 1. The lowest BCUT2D eigenvalue weighted by Gasteiger charge is -2.13. The molecule has 0 saturated carbocycles. The zero-order valence-electron chi connectivity index (χ0n) is 15.0. The van der Waals surface area contributed by atoms with Crippen molar-refractivity contribution >= 4 is 29.3 Å². The Kier molecular flexibility index (Phi) is 5.26. The molecule has 2 aromatic carbocycles. The van der Waals surface area contributed by atoms with E-state index < -0.39 is 29.0 Å². The number of halogens is 2. The van der Waals surface area contributed by atoms with Crippen molar-refractivity contribution in [2.75, 3.05) is 11.9 Å². The molecular weight excluding hydrogens is 396 g/mol. The van der Waals surface area contributed by atoms with E-state index in [4.69, 9.17) is 0 Å². The summed E-state index contributed by atoms with van der Waals surface area (Å²) in [5, 5.41) is 4.98. The third-order valence-corrected chi connectivity index (χ3v) is 5.54. The van der Waals surface area contributed by atoms with Gasteiger partial charge >= 0.3 is 0 Å². The number of rotatable bonds is 4. The van der Waals surface area contributed by atoms with Crippen molar-refractivity contribution < 1.29 is 18.4 Å². The second-order valence-corrected chi connectivity index (χ2v) is 7.42. The lowest BCUT2D eigenvalue weighted by atomic mass is 10.1. The van der Waals surface area contributed by atoms with Crippen LogP contribution in [0.1, 0.15) is 26.3 Å². The van der Waals surface area contributed by atoms with Gasteiger partial charge < -0.3 is 10.6 Å². The smallest absolute Gasteiger partial charge is 0.257 e. The molecule has 2 N–H and O–H groups in total. The van der Waals surface area contributed by atoms with E-state index in [1.807, 2.05) is 6.07 Å². The minimum atomic E-state index is -1.09. The number of pyridine rings is 1. The Morgan fingerprint density at radius 2 is 1.97 bits per heavy atom. The molecule has 2 amide bonds. The highest BCUT2D eigenvalue weighted by Gasteiger charge is 2.28. The predicted molar refractivity (Wildman–Crippen MR) is 105 cm³/mol. The quantitative estimate of drug-likeness (QED) is 0.680. The molecular formula is C21H15F2N3O2S. The number of amides is 2. The van der Waals surface area contributed by atoms with Gasteiger partial charge in [-0.2, -0.15) is 0 Å². The Morgan fingerprint density at radius 1 is 1.14 bits per heavy atom. The topological polar surface area (TPSA) is 71.1 Å². The van der Waals surface area contributed by atoms with Gasteiger partial charge in [-0.05, 0) is 36.2 Å². The van der Waals surface area contributed by atoms with E-state index in [2.05, 4.69) is 15.6 Å². The Labute approximate surface area is 169 Å². The van der Waals surface area contributed by atoms with Crippen LogP contribution < -0.4 is 10.6 Å². The maximum Gasteiger partial charge on any atom is 0.257 e. The third-order valence-electron chi connectivity index (χ3n) is 4.42. The molecule has 0 radical (unpaired) electrons. The summed E-state index contributed by atoms with van der Waals surface area (Å²) in [6.45, 7) is 0.188. The SMILES string of the molecule is O=C1Nc2c(cc(F)c(C(=O)NCCc3cccnc3)c2F)Sc2ccccc21. The Balaban J connectivity index is 1.59. The fourth-order valence-corrected chi connectivity index (χ4v) is 4.06. The van der Waals surface area contributed by atoms with Gasteiger partial charge in [0.15, 0.2) is 5.82 Å². The van der Waals surface area contributed by atoms with Crippen molar-refractivity contribution in [3.8, 4) is 0 Å². The summed E-state index contributed by atoms with van der Waals surface area (Å²) in [6, 6.07) is 11.4.